The van der Waals surface area contributed by atoms with Crippen LogP contribution in [0, 0.1) is 0 Å². The highest BCUT2D eigenvalue weighted by Gasteiger charge is 2.10. The number of hydrogen-bond donors (Lipinski definition) is 3. The smallest absolute Gasteiger partial charge is 0.271 e. The van der Waals surface area contributed by atoms with E-state index in [0.717, 1.165) is 22.1 Å². The molecule has 0 fully saturated rings. The number of rotatable bonds is 7. The Labute approximate surface area is 199 Å². The maximum absolute atomic E-state index is 12.4. The molecule has 0 radical (unpaired) electrons. The van der Waals surface area contributed by atoms with Crippen LogP contribution in [0.1, 0.15) is 15.9 Å². The lowest BCUT2D eigenvalue weighted by Gasteiger charge is -2.06. The second-order valence-corrected chi connectivity index (χ2v) is 8.12. The van der Waals surface area contributed by atoms with Crippen LogP contribution in [0.5, 0.6) is 11.5 Å². The summed E-state index contributed by atoms with van der Waals surface area (Å²) in [4.78, 5) is 17.0. The van der Waals surface area contributed by atoms with E-state index in [-0.39, 0.29) is 22.4 Å². The number of benzene rings is 3. The first-order valence-electron chi connectivity index (χ1n) is 9.81. The van der Waals surface area contributed by atoms with E-state index in [4.69, 9.17) is 16.3 Å². The molecule has 1 amide bonds. The fourth-order valence-corrected chi connectivity index (χ4v) is 3.91. The molecule has 0 aliphatic carbocycles. The number of methoxy groups -OCH3 is 1. The van der Waals surface area contributed by atoms with E-state index in [0.29, 0.717) is 11.1 Å². The minimum atomic E-state index is -0.362. The van der Waals surface area contributed by atoms with Gasteiger partial charge in [0.25, 0.3) is 5.91 Å². The van der Waals surface area contributed by atoms with Gasteiger partial charge in [-0.15, -0.1) is 11.3 Å². The summed E-state index contributed by atoms with van der Waals surface area (Å²) < 4.78 is 5.05. The summed E-state index contributed by atoms with van der Waals surface area (Å²) in [6, 6.07) is 20.0. The van der Waals surface area contributed by atoms with Gasteiger partial charge >= 0.3 is 0 Å². The van der Waals surface area contributed by atoms with Crippen molar-refractivity contribution in [3.63, 3.8) is 0 Å². The number of ether oxygens (including phenoxy) is 1. The number of nitrogens with one attached hydrogen (secondary N) is 2. The molecule has 166 valence electrons. The zero-order valence-electron chi connectivity index (χ0n) is 17.4. The van der Waals surface area contributed by atoms with Gasteiger partial charge in [0.1, 0.15) is 0 Å². The molecule has 4 rings (SSSR count). The standard InChI is InChI=1S/C24H19ClN4O3S/c1-32-21-12-15(11-19(25)22(21)30)13-26-29-23(31)17-9-7-16(8-10-17)20-14-33-24(28-20)27-18-5-3-2-4-6-18/h2-14,30H,1H3,(H,27,28)(H,29,31)/b26-13-. The second-order valence-electron chi connectivity index (χ2n) is 6.86. The molecule has 0 atom stereocenters. The maximum Gasteiger partial charge on any atom is 0.271 e. The van der Waals surface area contributed by atoms with Crippen LogP contribution < -0.4 is 15.5 Å². The van der Waals surface area contributed by atoms with Gasteiger partial charge < -0.3 is 15.2 Å². The van der Waals surface area contributed by atoms with Crippen molar-refractivity contribution >= 4 is 45.9 Å². The largest absolute Gasteiger partial charge is 0.503 e. The molecule has 0 bridgehead atoms. The number of amides is 1. The minimum absolute atomic E-state index is 0.127. The first kappa shape index (κ1) is 22.3. The molecule has 3 aromatic carbocycles. The maximum atomic E-state index is 12.4. The molecule has 1 heterocycles. The molecule has 0 saturated carbocycles. The summed E-state index contributed by atoms with van der Waals surface area (Å²) in [7, 11) is 1.42. The number of carbonyl (C=O) groups excluding carboxylic acids is 1. The fourth-order valence-electron chi connectivity index (χ4n) is 2.95. The summed E-state index contributed by atoms with van der Waals surface area (Å²) in [5, 5.41) is 19.9. The van der Waals surface area contributed by atoms with Crippen LogP contribution in [0.15, 0.2) is 77.2 Å². The molecular formula is C24H19ClN4O3S. The van der Waals surface area contributed by atoms with Crippen LogP contribution in [0.4, 0.5) is 10.8 Å². The summed E-state index contributed by atoms with van der Waals surface area (Å²) in [6.45, 7) is 0. The Morgan fingerprint density at radius 3 is 2.64 bits per heavy atom. The number of anilines is 2. The number of halogens is 1. The molecule has 3 N–H and O–H groups in total. The van der Waals surface area contributed by atoms with Gasteiger partial charge in [0.15, 0.2) is 16.6 Å². The highest BCUT2D eigenvalue weighted by atomic mass is 35.5. The van der Waals surface area contributed by atoms with Gasteiger partial charge in [0.05, 0.1) is 24.0 Å². The summed E-state index contributed by atoms with van der Waals surface area (Å²) >= 11 is 7.46. The number of phenols is 1. The quantitative estimate of drug-likeness (QED) is 0.234. The van der Waals surface area contributed by atoms with Crippen molar-refractivity contribution in [2.24, 2.45) is 5.10 Å². The molecule has 1 aromatic heterocycles. The third-order valence-corrected chi connectivity index (χ3v) is 5.67. The van der Waals surface area contributed by atoms with Crippen molar-refractivity contribution in [1.82, 2.24) is 10.4 Å². The Balaban J connectivity index is 1.39. The van der Waals surface area contributed by atoms with Crippen LogP contribution >= 0.6 is 22.9 Å². The number of hydrogen-bond acceptors (Lipinski definition) is 7. The van der Waals surface area contributed by atoms with Crippen molar-refractivity contribution in [2.45, 2.75) is 0 Å². The number of aromatic hydroxyl groups is 1. The van der Waals surface area contributed by atoms with Crippen molar-refractivity contribution in [3.05, 3.63) is 88.3 Å². The van der Waals surface area contributed by atoms with Crippen molar-refractivity contribution in [3.8, 4) is 22.8 Å². The van der Waals surface area contributed by atoms with E-state index in [2.05, 4.69) is 20.8 Å². The third kappa shape index (κ3) is 5.49. The first-order chi connectivity index (χ1) is 16.0. The Kier molecular flexibility index (Phi) is 6.87. The molecule has 0 aliphatic rings. The zero-order chi connectivity index (χ0) is 23.2. The number of phenolic OH excluding ortho intramolecular Hbond substituents is 1. The van der Waals surface area contributed by atoms with E-state index in [9.17, 15) is 9.90 Å². The van der Waals surface area contributed by atoms with Gasteiger partial charge in [-0.05, 0) is 42.0 Å². The number of carbonyl (C=O) groups is 1. The molecule has 4 aromatic rings. The molecule has 0 saturated heterocycles. The van der Waals surface area contributed by atoms with Gasteiger partial charge in [-0.1, -0.05) is 41.9 Å². The number of para-hydroxylation sites is 1. The van der Waals surface area contributed by atoms with Crippen LogP contribution in [0.25, 0.3) is 11.3 Å². The van der Waals surface area contributed by atoms with E-state index >= 15 is 0 Å². The predicted molar refractivity (Wildman–Crippen MR) is 132 cm³/mol. The fraction of sp³-hybridized carbons (Fsp3) is 0.0417. The van der Waals surface area contributed by atoms with Crippen molar-refractivity contribution in [1.29, 1.82) is 0 Å². The first-order valence-corrected chi connectivity index (χ1v) is 11.1. The van der Waals surface area contributed by atoms with Crippen LogP contribution in [-0.4, -0.2) is 29.3 Å². The molecule has 9 heteroatoms. The van der Waals surface area contributed by atoms with E-state index in [1.165, 1.54) is 30.7 Å². The molecule has 33 heavy (non-hydrogen) atoms. The van der Waals surface area contributed by atoms with E-state index in [1.54, 1.807) is 18.2 Å². The van der Waals surface area contributed by atoms with Gasteiger partial charge in [0, 0.05) is 22.2 Å². The Bertz CT molecular complexity index is 1290. The highest BCUT2D eigenvalue weighted by Crippen LogP contribution is 2.34. The molecule has 7 nitrogen and oxygen atoms in total. The second kappa shape index (κ2) is 10.2. The number of thiazole rings is 1. The third-order valence-electron chi connectivity index (χ3n) is 4.62. The number of aromatic nitrogens is 1. The molecule has 0 aliphatic heterocycles. The van der Waals surface area contributed by atoms with Crippen LogP contribution in [-0.2, 0) is 0 Å². The van der Waals surface area contributed by atoms with Gasteiger partial charge in [-0.2, -0.15) is 5.10 Å². The van der Waals surface area contributed by atoms with Gasteiger partial charge in [-0.3, -0.25) is 4.79 Å². The lowest BCUT2D eigenvalue weighted by atomic mass is 10.1. The van der Waals surface area contributed by atoms with Gasteiger partial charge in [-0.25, -0.2) is 10.4 Å². The Morgan fingerprint density at radius 2 is 1.91 bits per heavy atom. The minimum Gasteiger partial charge on any atom is -0.503 e. The van der Waals surface area contributed by atoms with E-state index in [1.807, 2.05) is 47.8 Å². The Hall–Kier alpha value is -3.88. The lowest BCUT2D eigenvalue weighted by molar-refractivity contribution is 0.0955. The van der Waals surface area contributed by atoms with E-state index < -0.39 is 0 Å². The van der Waals surface area contributed by atoms with Crippen LogP contribution in [0.3, 0.4) is 0 Å². The van der Waals surface area contributed by atoms with Crippen molar-refractivity contribution < 1.29 is 14.6 Å². The molecule has 0 unspecified atom stereocenters. The average Bonchev–Trinajstić information content (AvgIpc) is 3.30. The molecular weight excluding hydrogens is 460 g/mol. The number of nitrogens with zero attached hydrogens (tertiary/aromatic N) is 2. The predicted octanol–water partition coefficient (Wildman–Crippen LogP) is 5.69. The van der Waals surface area contributed by atoms with Gasteiger partial charge in [0.2, 0.25) is 0 Å². The lowest BCUT2D eigenvalue weighted by Crippen LogP contribution is -2.17. The number of hydrazone groups is 1. The SMILES string of the molecule is COc1cc(/C=N\NC(=O)c2ccc(-c3csc(Nc4ccccc4)n3)cc2)cc(Cl)c1O. The summed E-state index contributed by atoms with van der Waals surface area (Å²) in [6.07, 6.45) is 1.41. The summed E-state index contributed by atoms with van der Waals surface area (Å²) in [5.41, 5.74) is 6.18. The topological polar surface area (TPSA) is 95.8 Å². The highest BCUT2D eigenvalue weighted by molar-refractivity contribution is 7.14. The molecule has 0 spiro atoms. The monoisotopic (exact) mass is 478 g/mol. The van der Waals surface area contributed by atoms with Crippen LogP contribution in [0.2, 0.25) is 5.02 Å². The van der Waals surface area contributed by atoms with Crippen molar-refractivity contribution in [2.75, 3.05) is 12.4 Å². The Morgan fingerprint density at radius 1 is 1.15 bits per heavy atom. The summed E-state index contributed by atoms with van der Waals surface area (Å²) in [5.74, 6) is -0.294. The zero-order valence-corrected chi connectivity index (χ0v) is 19.0. The average molecular weight is 479 g/mol. The normalized spacial score (nSPS) is 10.8.